The van der Waals surface area contributed by atoms with Crippen LogP contribution < -0.4 is 10.6 Å². The van der Waals surface area contributed by atoms with Crippen molar-refractivity contribution >= 4 is 17.3 Å². The molecule has 4 heteroatoms. The summed E-state index contributed by atoms with van der Waals surface area (Å²) in [4.78, 5) is 0. The summed E-state index contributed by atoms with van der Waals surface area (Å²) in [7, 11) is 0. The van der Waals surface area contributed by atoms with Gasteiger partial charge in [-0.05, 0) is 37.2 Å². The highest BCUT2D eigenvalue weighted by molar-refractivity contribution is 7.80. The Kier molecular flexibility index (Phi) is 4.86. The lowest BCUT2D eigenvalue weighted by atomic mass is 9.96. The summed E-state index contributed by atoms with van der Waals surface area (Å²) >= 11 is 5.30. The molecule has 94 valence electrons. The third-order valence-electron chi connectivity index (χ3n) is 3.26. The van der Waals surface area contributed by atoms with Crippen LogP contribution in [0.3, 0.4) is 0 Å². The van der Waals surface area contributed by atoms with Gasteiger partial charge in [-0.15, -0.1) is 0 Å². The van der Waals surface area contributed by atoms with E-state index in [-0.39, 0.29) is 0 Å². The van der Waals surface area contributed by atoms with Gasteiger partial charge in [-0.2, -0.15) is 0 Å². The Morgan fingerprint density at radius 3 is 2.59 bits per heavy atom. The number of rotatable bonds is 4. The van der Waals surface area contributed by atoms with Crippen LogP contribution in [0.4, 0.5) is 0 Å². The summed E-state index contributed by atoms with van der Waals surface area (Å²) in [6.07, 6.45) is 10.7. The second kappa shape index (κ2) is 6.64. The van der Waals surface area contributed by atoms with E-state index in [4.69, 9.17) is 12.2 Å². The van der Waals surface area contributed by atoms with E-state index in [2.05, 4.69) is 27.6 Å². The quantitative estimate of drug-likeness (QED) is 0.805. The monoisotopic (exact) mass is 251 g/mol. The zero-order valence-electron chi connectivity index (χ0n) is 10.2. The van der Waals surface area contributed by atoms with Gasteiger partial charge in [-0.3, -0.25) is 0 Å². The van der Waals surface area contributed by atoms with E-state index in [1.807, 2.05) is 12.1 Å². The van der Waals surface area contributed by atoms with Crippen molar-refractivity contribution in [2.45, 2.75) is 44.7 Å². The van der Waals surface area contributed by atoms with Crippen LogP contribution in [0.15, 0.2) is 24.5 Å². The number of nitrogens with zero attached hydrogens (tertiary/aromatic N) is 1. The topological polar surface area (TPSA) is 29.0 Å². The Morgan fingerprint density at radius 1 is 1.18 bits per heavy atom. The molecular formula is C13H21N3S. The zero-order chi connectivity index (χ0) is 11.9. The van der Waals surface area contributed by atoms with Gasteiger partial charge in [0.25, 0.3) is 0 Å². The number of nitrogens with one attached hydrogen (secondary N) is 2. The Morgan fingerprint density at radius 2 is 1.88 bits per heavy atom. The Labute approximate surface area is 109 Å². The second-order valence-electron chi connectivity index (χ2n) is 4.66. The first-order chi connectivity index (χ1) is 8.34. The minimum absolute atomic E-state index is 0.593. The van der Waals surface area contributed by atoms with Crippen LogP contribution in [0.5, 0.6) is 0 Å². The molecule has 0 amide bonds. The molecule has 3 nitrogen and oxygen atoms in total. The van der Waals surface area contributed by atoms with E-state index in [9.17, 15) is 0 Å². The Bertz CT molecular complexity index is 328. The van der Waals surface area contributed by atoms with E-state index >= 15 is 0 Å². The standard InChI is InChI=1S/C13H21N3S/c17-13(15-12-6-2-1-3-7-12)14-8-11-16-9-4-5-10-16/h4-5,9-10,12H,1-3,6-8,11H2,(H2,14,15,17). The fourth-order valence-electron chi connectivity index (χ4n) is 2.30. The van der Waals surface area contributed by atoms with E-state index < -0.39 is 0 Å². The molecule has 1 fully saturated rings. The molecule has 0 radical (unpaired) electrons. The van der Waals surface area contributed by atoms with Crippen LogP contribution in [-0.4, -0.2) is 22.3 Å². The van der Waals surface area contributed by atoms with Crippen LogP contribution in [0.1, 0.15) is 32.1 Å². The molecule has 17 heavy (non-hydrogen) atoms. The minimum Gasteiger partial charge on any atom is -0.361 e. The number of hydrogen-bond acceptors (Lipinski definition) is 1. The lowest BCUT2D eigenvalue weighted by Crippen LogP contribution is -2.43. The summed E-state index contributed by atoms with van der Waals surface area (Å²) < 4.78 is 2.15. The molecule has 2 N–H and O–H groups in total. The molecule has 1 aromatic heterocycles. The molecule has 1 aromatic rings. The summed E-state index contributed by atoms with van der Waals surface area (Å²) in [6, 6.07) is 4.67. The van der Waals surface area contributed by atoms with Gasteiger partial charge in [0, 0.05) is 31.5 Å². The van der Waals surface area contributed by atoms with E-state index in [0.717, 1.165) is 18.2 Å². The largest absolute Gasteiger partial charge is 0.361 e. The van der Waals surface area contributed by atoms with Crippen molar-refractivity contribution in [2.75, 3.05) is 6.54 Å². The average Bonchev–Trinajstić information content (AvgIpc) is 2.83. The van der Waals surface area contributed by atoms with Gasteiger partial charge in [0.15, 0.2) is 5.11 Å². The highest BCUT2D eigenvalue weighted by Crippen LogP contribution is 2.17. The first kappa shape index (κ1) is 12.4. The summed E-state index contributed by atoms with van der Waals surface area (Å²) in [6.45, 7) is 1.84. The van der Waals surface area contributed by atoms with Crippen LogP contribution in [0, 0.1) is 0 Å². The number of hydrogen-bond donors (Lipinski definition) is 2. The van der Waals surface area contributed by atoms with Crippen molar-refractivity contribution in [1.29, 1.82) is 0 Å². The highest BCUT2D eigenvalue weighted by Gasteiger charge is 2.13. The molecule has 0 aromatic carbocycles. The molecule has 0 atom stereocenters. The van der Waals surface area contributed by atoms with Crippen molar-refractivity contribution in [2.24, 2.45) is 0 Å². The maximum Gasteiger partial charge on any atom is 0.166 e. The first-order valence-corrected chi connectivity index (χ1v) is 6.90. The van der Waals surface area contributed by atoms with Gasteiger partial charge in [0.05, 0.1) is 0 Å². The third-order valence-corrected chi connectivity index (χ3v) is 3.52. The average molecular weight is 251 g/mol. The van der Waals surface area contributed by atoms with Crippen molar-refractivity contribution < 1.29 is 0 Å². The van der Waals surface area contributed by atoms with Crippen LogP contribution >= 0.6 is 12.2 Å². The maximum absolute atomic E-state index is 5.30. The summed E-state index contributed by atoms with van der Waals surface area (Å²) in [5.41, 5.74) is 0. The van der Waals surface area contributed by atoms with Crippen molar-refractivity contribution in [3.63, 3.8) is 0 Å². The van der Waals surface area contributed by atoms with E-state index in [1.54, 1.807) is 0 Å². The predicted octanol–water partition coefficient (Wildman–Crippen LogP) is 2.28. The Hall–Kier alpha value is -1.03. The van der Waals surface area contributed by atoms with Crippen LogP contribution in [-0.2, 0) is 6.54 Å². The first-order valence-electron chi connectivity index (χ1n) is 6.50. The Balaban J connectivity index is 1.60. The molecule has 1 saturated carbocycles. The van der Waals surface area contributed by atoms with Gasteiger partial charge in [-0.25, -0.2) is 0 Å². The summed E-state index contributed by atoms with van der Waals surface area (Å²) in [5, 5.41) is 7.49. The molecule has 1 aliphatic rings. The highest BCUT2D eigenvalue weighted by atomic mass is 32.1. The molecule has 0 saturated heterocycles. The zero-order valence-corrected chi connectivity index (χ0v) is 11.0. The smallest absolute Gasteiger partial charge is 0.166 e. The number of aromatic nitrogens is 1. The van der Waals surface area contributed by atoms with Crippen molar-refractivity contribution in [1.82, 2.24) is 15.2 Å². The van der Waals surface area contributed by atoms with Gasteiger partial charge in [0.2, 0.25) is 0 Å². The lowest BCUT2D eigenvalue weighted by molar-refractivity contribution is 0.412. The predicted molar refractivity (Wildman–Crippen MR) is 75.0 cm³/mol. The second-order valence-corrected chi connectivity index (χ2v) is 5.06. The van der Waals surface area contributed by atoms with E-state index in [1.165, 1.54) is 32.1 Å². The fourth-order valence-corrected chi connectivity index (χ4v) is 2.57. The van der Waals surface area contributed by atoms with Gasteiger partial charge in [0.1, 0.15) is 0 Å². The van der Waals surface area contributed by atoms with Gasteiger partial charge >= 0.3 is 0 Å². The molecule has 0 spiro atoms. The molecule has 0 aliphatic heterocycles. The lowest BCUT2D eigenvalue weighted by Gasteiger charge is -2.24. The molecular weight excluding hydrogens is 230 g/mol. The minimum atomic E-state index is 0.593. The molecule has 0 bridgehead atoms. The van der Waals surface area contributed by atoms with Crippen LogP contribution in [0.25, 0.3) is 0 Å². The van der Waals surface area contributed by atoms with E-state index in [0.29, 0.717) is 6.04 Å². The molecule has 2 rings (SSSR count). The molecule has 1 heterocycles. The normalized spacial score (nSPS) is 16.7. The van der Waals surface area contributed by atoms with Crippen molar-refractivity contribution in [3.8, 4) is 0 Å². The SMILES string of the molecule is S=C(NCCn1cccc1)NC1CCCCC1. The van der Waals surface area contributed by atoms with Gasteiger partial charge in [-0.1, -0.05) is 19.3 Å². The maximum atomic E-state index is 5.30. The fraction of sp³-hybridized carbons (Fsp3) is 0.615. The van der Waals surface area contributed by atoms with Gasteiger partial charge < -0.3 is 15.2 Å². The van der Waals surface area contributed by atoms with Crippen LogP contribution in [0.2, 0.25) is 0 Å². The molecule has 1 aliphatic carbocycles. The number of thiocarbonyl (C=S) groups is 1. The summed E-state index contributed by atoms with van der Waals surface area (Å²) in [5.74, 6) is 0. The third kappa shape index (κ3) is 4.38. The van der Waals surface area contributed by atoms with Crippen molar-refractivity contribution in [3.05, 3.63) is 24.5 Å². The molecule has 0 unspecified atom stereocenters.